The molecule has 0 amide bonds. The number of nitrogens with one attached hydrogen (secondary N) is 1. The van der Waals surface area contributed by atoms with Crippen molar-refractivity contribution < 1.29 is 4.74 Å². The first-order chi connectivity index (χ1) is 9.65. The van der Waals surface area contributed by atoms with Gasteiger partial charge in [-0.05, 0) is 30.7 Å². The predicted octanol–water partition coefficient (Wildman–Crippen LogP) is 3.47. The third-order valence-electron chi connectivity index (χ3n) is 3.06. The van der Waals surface area contributed by atoms with Crippen molar-refractivity contribution in [2.75, 3.05) is 0 Å². The molecule has 0 aliphatic carbocycles. The van der Waals surface area contributed by atoms with Crippen LogP contribution in [0.5, 0.6) is 5.75 Å². The summed E-state index contributed by atoms with van der Waals surface area (Å²) in [6, 6.07) is 10.7. The summed E-state index contributed by atoms with van der Waals surface area (Å²) in [5, 5.41) is 3.44. The van der Waals surface area contributed by atoms with E-state index < -0.39 is 0 Å². The monoisotopic (exact) mass is 270 g/mol. The van der Waals surface area contributed by atoms with Gasteiger partial charge in [-0.1, -0.05) is 31.5 Å². The topological polar surface area (TPSA) is 34.1 Å². The number of aromatic nitrogens is 1. The highest BCUT2D eigenvalue weighted by molar-refractivity contribution is 5.37. The molecule has 3 nitrogen and oxygen atoms in total. The fourth-order valence-corrected chi connectivity index (χ4v) is 1.94. The molecule has 0 saturated carbocycles. The van der Waals surface area contributed by atoms with E-state index in [9.17, 15) is 0 Å². The maximum Gasteiger partial charge on any atom is 0.124 e. The van der Waals surface area contributed by atoms with Crippen LogP contribution in [0.3, 0.4) is 0 Å². The lowest BCUT2D eigenvalue weighted by Crippen LogP contribution is -2.22. The molecule has 20 heavy (non-hydrogen) atoms. The molecule has 1 N–H and O–H groups in total. The van der Waals surface area contributed by atoms with E-state index in [1.54, 1.807) is 12.4 Å². The van der Waals surface area contributed by atoms with E-state index in [2.05, 4.69) is 43.2 Å². The summed E-state index contributed by atoms with van der Waals surface area (Å²) < 4.78 is 5.94. The highest BCUT2D eigenvalue weighted by Gasteiger charge is 2.05. The average molecular weight is 270 g/mol. The van der Waals surface area contributed by atoms with E-state index in [1.807, 2.05) is 18.2 Å². The van der Waals surface area contributed by atoms with Crippen molar-refractivity contribution in [1.82, 2.24) is 10.3 Å². The molecule has 2 rings (SSSR count). The summed E-state index contributed by atoms with van der Waals surface area (Å²) in [5.74, 6) is 0.945. The summed E-state index contributed by atoms with van der Waals surface area (Å²) in [5.41, 5.74) is 3.58. The van der Waals surface area contributed by atoms with Crippen molar-refractivity contribution >= 4 is 0 Å². The standard InChI is InChI=1S/C17H22N2O/c1-13(2)19-11-16-10-14(3)4-5-17(16)20-12-15-6-8-18-9-7-15/h4-10,13,19H,11-12H2,1-3H3. The zero-order valence-electron chi connectivity index (χ0n) is 12.4. The Hall–Kier alpha value is -1.87. The fraction of sp³-hybridized carbons (Fsp3) is 0.353. The summed E-state index contributed by atoms with van der Waals surface area (Å²) >= 11 is 0. The Morgan fingerprint density at radius 2 is 1.90 bits per heavy atom. The lowest BCUT2D eigenvalue weighted by atomic mass is 10.1. The minimum Gasteiger partial charge on any atom is -0.489 e. The largest absolute Gasteiger partial charge is 0.489 e. The molecule has 1 aromatic carbocycles. The van der Waals surface area contributed by atoms with Crippen molar-refractivity contribution in [2.24, 2.45) is 0 Å². The Morgan fingerprint density at radius 1 is 1.15 bits per heavy atom. The first-order valence-electron chi connectivity index (χ1n) is 7.00. The van der Waals surface area contributed by atoms with Gasteiger partial charge >= 0.3 is 0 Å². The number of pyridine rings is 1. The van der Waals surface area contributed by atoms with Gasteiger partial charge in [0.1, 0.15) is 12.4 Å². The quantitative estimate of drug-likeness (QED) is 0.872. The van der Waals surface area contributed by atoms with E-state index in [0.717, 1.165) is 17.9 Å². The van der Waals surface area contributed by atoms with Crippen LogP contribution in [0.25, 0.3) is 0 Å². The number of hydrogen-bond donors (Lipinski definition) is 1. The van der Waals surface area contributed by atoms with Crippen LogP contribution in [0.2, 0.25) is 0 Å². The van der Waals surface area contributed by atoms with E-state index in [0.29, 0.717) is 12.6 Å². The Kier molecular flexibility index (Phi) is 5.13. The van der Waals surface area contributed by atoms with Gasteiger partial charge in [0, 0.05) is 30.5 Å². The molecule has 0 spiro atoms. The molecular weight excluding hydrogens is 248 g/mol. The minimum atomic E-state index is 0.462. The van der Waals surface area contributed by atoms with Crippen LogP contribution >= 0.6 is 0 Å². The van der Waals surface area contributed by atoms with Gasteiger partial charge in [0.15, 0.2) is 0 Å². The molecule has 0 atom stereocenters. The lowest BCUT2D eigenvalue weighted by Gasteiger charge is -2.14. The maximum atomic E-state index is 5.94. The second-order valence-corrected chi connectivity index (χ2v) is 5.29. The summed E-state index contributed by atoms with van der Waals surface area (Å²) in [6.45, 7) is 7.79. The Balaban J connectivity index is 2.06. The zero-order valence-corrected chi connectivity index (χ0v) is 12.4. The smallest absolute Gasteiger partial charge is 0.124 e. The maximum absolute atomic E-state index is 5.94. The van der Waals surface area contributed by atoms with E-state index in [4.69, 9.17) is 4.74 Å². The zero-order chi connectivity index (χ0) is 14.4. The van der Waals surface area contributed by atoms with Crippen molar-refractivity contribution in [1.29, 1.82) is 0 Å². The first kappa shape index (κ1) is 14.5. The molecule has 0 fully saturated rings. The van der Waals surface area contributed by atoms with Crippen molar-refractivity contribution in [2.45, 2.75) is 40.0 Å². The van der Waals surface area contributed by atoms with E-state index >= 15 is 0 Å². The molecule has 0 unspecified atom stereocenters. The molecule has 106 valence electrons. The SMILES string of the molecule is Cc1ccc(OCc2ccncc2)c(CNC(C)C)c1. The molecule has 2 aromatic rings. The second kappa shape index (κ2) is 7.06. The van der Waals surface area contributed by atoms with Gasteiger partial charge in [-0.3, -0.25) is 4.98 Å². The lowest BCUT2D eigenvalue weighted by molar-refractivity contribution is 0.301. The van der Waals surface area contributed by atoms with Crippen LogP contribution in [0, 0.1) is 6.92 Å². The fourth-order valence-electron chi connectivity index (χ4n) is 1.94. The molecule has 1 aromatic heterocycles. The number of aryl methyl sites for hydroxylation is 1. The molecule has 1 heterocycles. The summed E-state index contributed by atoms with van der Waals surface area (Å²) in [7, 11) is 0. The van der Waals surface area contributed by atoms with Crippen molar-refractivity contribution in [3.8, 4) is 5.75 Å². The van der Waals surface area contributed by atoms with Crippen LogP contribution < -0.4 is 10.1 Å². The van der Waals surface area contributed by atoms with Gasteiger partial charge in [-0.25, -0.2) is 0 Å². The molecular formula is C17H22N2O. The number of nitrogens with zero attached hydrogens (tertiary/aromatic N) is 1. The number of benzene rings is 1. The van der Waals surface area contributed by atoms with Gasteiger partial charge in [-0.15, -0.1) is 0 Å². The Labute approximate surface area is 121 Å². The normalized spacial score (nSPS) is 10.8. The number of ether oxygens (including phenoxy) is 1. The Morgan fingerprint density at radius 3 is 2.60 bits per heavy atom. The van der Waals surface area contributed by atoms with Crippen LogP contribution in [-0.4, -0.2) is 11.0 Å². The third-order valence-corrected chi connectivity index (χ3v) is 3.06. The Bertz CT molecular complexity index is 538. The van der Waals surface area contributed by atoms with E-state index in [1.165, 1.54) is 11.1 Å². The highest BCUT2D eigenvalue weighted by Crippen LogP contribution is 2.21. The van der Waals surface area contributed by atoms with Crippen molar-refractivity contribution in [3.05, 3.63) is 59.4 Å². The molecule has 0 aliphatic rings. The highest BCUT2D eigenvalue weighted by atomic mass is 16.5. The minimum absolute atomic E-state index is 0.462. The van der Waals surface area contributed by atoms with Gasteiger partial charge in [-0.2, -0.15) is 0 Å². The van der Waals surface area contributed by atoms with Gasteiger partial charge in [0.2, 0.25) is 0 Å². The molecule has 0 bridgehead atoms. The number of rotatable bonds is 6. The predicted molar refractivity (Wildman–Crippen MR) is 81.7 cm³/mol. The molecule has 3 heteroatoms. The second-order valence-electron chi connectivity index (χ2n) is 5.29. The summed E-state index contributed by atoms with van der Waals surface area (Å²) in [4.78, 5) is 4.01. The summed E-state index contributed by atoms with van der Waals surface area (Å²) in [6.07, 6.45) is 3.57. The first-order valence-corrected chi connectivity index (χ1v) is 7.00. The van der Waals surface area contributed by atoms with Crippen LogP contribution in [0.1, 0.15) is 30.5 Å². The van der Waals surface area contributed by atoms with E-state index in [-0.39, 0.29) is 0 Å². The third kappa shape index (κ3) is 4.35. The number of hydrogen-bond acceptors (Lipinski definition) is 3. The van der Waals surface area contributed by atoms with Crippen LogP contribution in [-0.2, 0) is 13.2 Å². The molecule has 0 radical (unpaired) electrons. The average Bonchev–Trinajstić information content (AvgIpc) is 2.45. The molecule has 0 aliphatic heterocycles. The van der Waals surface area contributed by atoms with Gasteiger partial charge < -0.3 is 10.1 Å². The molecule has 0 saturated heterocycles. The van der Waals surface area contributed by atoms with Crippen LogP contribution in [0.4, 0.5) is 0 Å². The van der Waals surface area contributed by atoms with Crippen LogP contribution in [0.15, 0.2) is 42.7 Å². The van der Waals surface area contributed by atoms with Crippen molar-refractivity contribution in [3.63, 3.8) is 0 Å². The van der Waals surface area contributed by atoms with Gasteiger partial charge in [0.25, 0.3) is 0 Å². The van der Waals surface area contributed by atoms with Gasteiger partial charge in [0.05, 0.1) is 0 Å².